The number of ether oxygens (including phenoxy) is 1. The zero-order valence-electron chi connectivity index (χ0n) is 15.6. The Balaban J connectivity index is 1.37. The number of nitrogens with one attached hydrogen (secondary N) is 1. The van der Waals surface area contributed by atoms with Crippen LogP contribution in [0.2, 0.25) is 0 Å². The topological polar surface area (TPSA) is 82.7 Å². The second-order valence-corrected chi connectivity index (χ2v) is 7.50. The fraction of sp³-hybridized carbons (Fsp3) is 0.286. The quantitative estimate of drug-likeness (QED) is 0.724. The van der Waals surface area contributed by atoms with Gasteiger partial charge in [0.05, 0.1) is 29.0 Å². The SMILES string of the molecule is N#Cc1ccn2ncc(CN3CCC4(CC3)OC(=O)Nc3ccc(F)cc34)c2c1. The van der Waals surface area contributed by atoms with Gasteiger partial charge in [-0.3, -0.25) is 10.2 Å². The number of aromatic nitrogens is 2. The van der Waals surface area contributed by atoms with Gasteiger partial charge in [0.15, 0.2) is 0 Å². The Bertz CT molecular complexity index is 1160. The van der Waals surface area contributed by atoms with Gasteiger partial charge in [-0.2, -0.15) is 10.4 Å². The third-order valence-corrected chi connectivity index (χ3v) is 5.79. The minimum absolute atomic E-state index is 0.343. The molecule has 0 saturated carbocycles. The number of rotatable bonds is 2. The number of hydrogen-bond acceptors (Lipinski definition) is 5. The molecule has 4 heterocycles. The van der Waals surface area contributed by atoms with E-state index in [0.29, 0.717) is 49.3 Å². The van der Waals surface area contributed by atoms with E-state index in [1.807, 2.05) is 12.3 Å². The number of pyridine rings is 1. The van der Waals surface area contributed by atoms with Gasteiger partial charge in [0.2, 0.25) is 0 Å². The smallest absolute Gasteiger partial charge is 0.412 e. The van der Waals surface area contributed by atoms with Crippen LogP contribution in [0.1, 0.15) is 29.5 Å². The number of anilines is 1. The van der Waals surface area contributed by atoms with Gasteiger partial charge in [0.25, 0.3) is 0 Å². The zero-order chi connectivity index (χ0) is 20.0. The maximum Gasteiger partial charge on any atom is 0.412 e. The van der Waals surface area contributed by atoms with E-state index in [2.05, 4.69) is 21.4 Å². The normalized spacial score (nSPS) is 18.1. The molecular formula is C21H18FN5O2. The van der Waals surface area contributed by atoms with Crippen molar-refractivity contribution in [2.24, 2.45) is 0 Å². The van der Waals surface area contributed by atoms with Crippen LogP contribution in [-0.4, -0.2) is 33.7 Å². The second-order valence-electron chi connectivity index (χ2n) is 7.50. The first-order valence-electron chi connectivity index (χ1n) is 9.45. The van der Waals surface area contributed by atoms with Crippen molar-refractivity contribution in [2.45, 2.75) is 25.0 Å². The van der Waals surface area contributed by atoms with Crippen molar-refractivity contribution in [1.29, 1.82) is 5.26 Å². The van der Waals surface area contributed by atoms with Crippen molar-refractivity contribution in [3.05, 3.63) is 65.2 Å². The van der Waals surface area contributed by atoms with Gasteiger partial charge in [-0.15, -0.1) is 0 Å². The third-order valence-electron chi connectivity index (χ3n) is 5.79. The molecule has 7 nitrogen and oxygen atoms in total. The summed E-state index contributed by atoms with van der Waals surface area (Å²) in [6.07, 6.45) is 4.27. The molecule has 8 heteroatoms. The van der Waals surface area contributed by atoms with Crippen LogP contribution in [0.3, 0.4) is 0 Å². The highest BCUT2D eigenvalue weighted by Crippen LogP contribution is 2.43. The van der Waals surface area contributed by atoms with E-state index in [1.54, 1.807) is 22.8 Å². The number of carbonyl (C=O) groups is 1. The number of likely N-dealkylation sites (tertiary alicyclic amines) is 1. The van der Waals surface area contributed by atoms with Crippen LogP contribution in [0, 0.1) is 17.1 Å². The summed E-state index contributed by atoms with van der Waals surface area (Å²) in [5.41, 5.74) is 3.05. The lowest BCUT2D eigenvalue weighted by Gasteiger charge is -2.44. The molecule has 29 heavy (non-hydrogen) atoms. The lowest BCUT2D eigenvalue weighted by Crippen LogP contribution is -2.48. The standard InChI is InChI=1S/C21H18FN5O2/c22-16-1-2-18-17(10-16)21(29-20(28)25-18)4-7-26(8-5-21)13-15-12-24-27-6-3-14(11-23)9-19(15)27/h1-3,6,9-10,12H,4-5,7-8,13H2,(H,25,28). The molecule has 146 valence electrons. The van der Waals surface area contributed by atoms with E-state index >= 15 is 0 Å². The summed E-state index contributed by atoms with van der Waals surface area (Å²) in [6, 6.07) is 10.1. The number of amides is 1. The Hall–Kier alpha value is -3.44. The average molecular weight is 391 g/mol. The second kappa shape index (κ2) is 6.57. The Kier molecular flexibility index (Phi) is 4.00. The molecule has 2 aromatic heterocycles. The van der Waals surface area contributed by atoms with E-state index in [1.165, 1.54) is 12.1 Å². The highest BCUT2D eigenvalue weighted by molar-refractivity contribution is 5.88. The maximum absolute atomic E-state index is 13.9. The summed E-state index contributed by atoms with van der Waals surface area (Å²) in [5, 5.41) is 16.2. The molecule has 0 radical (unpaired) electrons. The van der Waals surface area contributed by atoms with Crippen molar-refractivity contribution in [3.63, 3.8) is 0 Å². The number of nitrogens with zero attached hydrogens (tertiary/aromatic N) is 4. The van der Waals surface area contributed by atoms with Crippen molar-refractivity contribution in [3.8, 4) is 6.07 Å². The Morgan fingerprint density at radius 2 is 2.10 bits per heavy atom. The van der Waals surface area contributed by atoms with E-state index in [4.69, 9.17) is 10.00 Å². The number of nitriles is 1. The summed E-state index contributed by atoms with van der Waals surface area (Å²) in [7, 11) is 0. The maximum atomic E-state index is 13.9. The minimum atomic E-state index is -0.800. The molecule has 1 saturated heterocycles. The van der Waals surface area contributed by atoms with E-state index in [9.17, 15) is 9.18 Å². The number of halogens is 1. The molecule has 0 unspecified atom stereocenters. The predicted molar refractivity (Wildman–Crippen MR) is 103 cm³/mol. The summed E-state index contributed by atoms with van der Waals surface area (Å²) >= 11 is 0. The molecule has 1 N–H and O–H groups in total. The summed E-state index contributed by atoms with van der Waals surface area (Å²) in [5.74, 6) is -0.343. The van der Waals surface area contributed by atoms with E-state index < -0.39 is 11.7 Å². The molecule has 1 aromatic carbocycles. The van der Waals surface area contributed by atoms with E-state index in [-0.39, 0.29) is 5.82 Å². The molecule has 1 fully saturated rings. The van der Waals surface area contributed by atoms with Crippen molar-refractivity contribution in [1.82, 2.24) is 14.5 Å². The molecule has 2 aliphatic rings. The summed E-state index contributed by atoms with van der Waals surface area (Å²) < 4.78 is 21.3. The minimum Gasteiger partial charge on any atom is -0.438 e. The molecule has 3 aromatic rings. The number of hydrogen-bond donors (Lipinski definition) is 1. The molecule has 5 rings (SSSR count). The van der Waals surface area contributed by atoms with Crippen molar-refractivity contribution < 1.29 is 13.9 Å². The summed E-state index contributed by atoms with van der Waals surface area (Å²) in [6.45, 7) is 2.06. The first kappa shape index (κ1) is 17.6. The lowest BCUT2D eigenvalue weighted by atomic mass is 9.82. The highest BCUT2D eigenvalue weighted by Gasteiger charge is 2.44. The number of carbonyl (C=O) groups excluding carboxylic acids is 1. The highest BCUT2D eigenvalue weighted by atomic mass is 19.1. The average Bonchev–Trinajstić information content (AvgIpc) is 3.12. The predicted octanol–water partition coefficient (Wildman–Crippen LogP) is 3.40. The Morgan fingerprint density at radius 1 is 1.28 bits per heavy atom. The first-order valence-corrected chi connectivity index (χ1v) is 9.45. The summed E-state index contributed by atoms with van der Waals surface area (Å²) in [4.78, 5) is 14.3. The third kappa shape index (κ3) is 3.00. The Morgan fingerprint density at radius 3 is 2.90 bits per heavy atom. The fourth-order valence-corrected chi connectivity index (χ4v) is 4.28. The zero-order valence-corrected chi connectivity index (χ0v) is 15.6. The van der Waals surface area contributed by atoms with Crippen LogP contribution >= 0.6 is 0 Å². The molecule has 0 atom stereocenters. The van der Waals surface area contributed by atoms with Gasteiger partial charge >= 0.3 is 6.09 Å². The van der Waals surface area contributed by atoms with Gasteiger partial charge in [0.1, 0.15) is 11.4 Å². The van der Waals surface area contributed by atoms with Crippen molar-refractivity contribution in [2.75, 3.05) is 18.4 Å². The molecule has 0 aliphatic carbocycles. The van der Waals surface area contributed by atoms with Gasteiger partial charge in [0, 0.05) is 49.8 Å². The van der Waals surface area contributed by atoms with Crippen LogP contribution in [0.15, 0.2) is 42.7 Å². The van der Waals surface area contributed by atoms with Gasteiger partial charge in [-0.1, -0.05) is 0 Å². The van der Waals surface area contributed by atoms with Crippen LogP contribution in [0.5, 0.6) is 0 Å². The van der Waals surface area contributed by atoms with Gasteiger partial charge < -0.3 is 4.74 Å². The molecule has 2 aliphatic heterocycles. The van der Waals surface area contributed by atoms with Crippen LogP contribution in [-0.2, 0) is 16.9 Å². The number of benzene rings is 1. The lowest BCUT2D eigenvalue weighted by molar-refractivity contribution is -0.0394. The van der Waals surface area contributed by atoms with Gasteiger partial charge in [-0.25, -0.2) is 13.7 Å². The molecule has 1 amide bonds. The van der Waals surface area contributed by atoms with Gasteiger partial charge in [-0.05, 0) is 30.3 Å². The molecular weight excluding hydrogens is 373 g/mol. The van der Waals surface area contributed by atoms with Crippen molar-refractivity contribution >= 4 is 17.3 Å². The number of fused-ring (bicyclic) bond motifs is 3. The molecule has 1 spiro atoms. The van der Waals surface area contributed by atoms with Crippen LogP contribution in [0.4, 0.5) is 14.9 Å². The Labute approximate surface area is 166 Å². The van der Waals surface area contributed by atoms with Crippen LogP contribution in [0.25, 0.3) is 5.52 Å². The van der Waals surface area contributed by atoms with Crippen LogP contribution < -0.4 is 5.32 Å². The first-order chi connectivity index (χ1) is 14.1. The largest absolute Gasteiger partial charge is 0.438 e. The number of piperidine rings is 1. The van der Waals surface area contributed by atoms with E-state index in [0.717, 1.165) is 11.1 Å². The monoisotopic (exact) mass is 391 g/mol. The fourth-order valence-electron chi connectivity index (χ4n) is 4.28. The molecule has 0 bridgehead atoms.